The number of nitrogens with one attached hydrogen (secondary N) is 2. The van der Waals surface area contributed by atoms with Gasteiger partial charge in [0.05, 0.1) is 14.2 Å². The van der Waals surface area contributed by atoms with Gasteiger partial charge in [-0.25, -0.2) is 13.1 Å². The molecule has 1 saturated heterocycles. The van der Waals surface area contributed by atoms with Crippen LogP contribution in [-0.2, 0) is 10.0 Å². The van der Waals surface area contributed by atoms with Gasteiger partial charge in [0.2, 0.25) is 10.0 Å². The third-order valence-corrected chi connectivity index (χ3v) is 5.59. The molecule has 112 valence electrons. The number of sulfonamides is 1. The lowest BCUT2D eigenvalue weighted by molar-refractivity contribution is 0.353. The first-order valence-corrected chi connectivity index (χ1v) is 8.40. The van der Waals surface area contributed by atoms with Gasteiger partial charge in [-0.05, 0) is 35.0 Å². The smallest absolute Gasteiger partial charge is 0.242 e. The Balaban J connectivity index is 2.35. The van der Waals surface area contributed by atoms with Crippen LogP contribution in [0.25, 0.3) is 0 Å². The summed E-state index contributed by atoms with van der Waals surface area (Å²) < 4.78 is 38.2. The monoisotopic (exact) mass is 364 g/mol. The summed E-state index contributed by atoms with van der Waals surface area (Å²) in [4.78, 5) is 0.141. The highest BCUT2D eigenvalue weighted by molar-refractivity contribution is 9.10. The van der Waals surface area contributed by atoms with Gasteiger partial charge in [-0.1, -0.05) is 0 Å². The largest absolute Gasteiger partial charge is 0.493 e. The van der Waals surface area contributed by atoms with Gasteiger partial charge in [0.15, 0.2) is 11.5 Å². The third kappa shape index (κ3) is 3.25. The van der Waals surface area contributed by atoms with E-state index in [4.69, 9.17) is 9.47 Å². The molecule has 1 aromatic rings. The van der Waals surface area contributed by atoms with E-state index in [1.165, 1.54) is 20.3 Å². The first-order valence-electron chi connectivity index (χ1n) is 6.12. The lowest BCUT2D eigenvalue weighted by Crippen LogP contribution is -2.36. The average molecular weight is 365 g/mol. The molecule has 1 aliphatic rings. The van der Waals surface area contributed by atoms with Crippen molar-refractivity contribution >= 4 is 26.0 Å². The van der Waals surface area contributed by atoms with Crippen molar-refractivity contribution in [2.24, 2.45) is 0 Å². The number of benzene rings is 1. The highest BCUT2D eigenvalue weighted by Crippen LogP contribution is 2.35. The Bertz CT molecular complexity index is 585. The predicted molar refractivity (Wildman–Crippen MR) is 78.8 cm³/mol. The van der Waals surface area contributed by atoms with E-state index in [2.05, 4.69) is 26.0 Å². The maximum Gasteiger partial charge on any atom is 0.242 e. The summed E-state index contributed by atoms with van der Waals surface area (Å²) in [6.45, 7) is 1.46. The number of hydrogen-bond donors (Lipinski definition) is 2. The molecular weight excluding hydrogens is 348 g/mol. The molecule has 1 aromatic carbocycles. The normalized spacial score (nSPS) is 19.1. The first kappa shape index (κ1) is 15.6. The molecular formula is C12H17BrN2O4S. The van der Waals surface area contributed by atoms with Crippen LogP contribution in [0.4, 0.5) is 0 Å². The van der Waals surface area contributed by atoms with Crippen LogP contribution in [0.3, 0.4) is 0 Å². The molecule has 0 aliphatic carbocycles. The zero-order chi connectivity index (χ0) is 14.8. The fourth-order valence-corrected chi connectivity index (χ4v) is 4.39. The molecule has 6 nitrogen and oxygen atoms in total. The minimum Gasteiger partial charge on any atom is -0.493 e. The SMILES string of the molecule is COc1cc(Br)c(S(=O)(=O)NC2CCNC2)cc1OC. The van der Waals surface area contributed by atoms with Crippen LogP contribution in [-0.4, -0.2) is 41.8 Å². The summed E-state index contributed by atoms with van der Waals surface area (Å²) in [5.41, 5.74) is 0. The Morgan fingerprint density at radius 1 is 1.30 bits per heavy atom. The molecule has 0 bridgehead atoms. The fraction of sp³-hybridized carbons (Fsp3) is 0.500. The van der Waals surface area contributed by atoms with Crippen molar-refractivity contribution in [3.05, 3.63) is 16.6 Å². The van der Waals surface area contributed by atoms with E-state index in [-0.39, 0.29) is 10.9 Å². The summed E-state index contributed by atoms with van der Waals surface area (Å²) in [5, 5.41) is 3.12. The van der Waals surface area contributed by atoms with Crippen molar-refractivity contribution in [3.8, 4) is 11.5 Å². The van der Waals surface area contributed by atoms with Gasteiger partial charge in [-0.3, -0.25) is 0 Å². The Morgan fingerprint density at radius 3 is 2.50 bits per heavy atom. The molecule has 1 fully saturated rings. The summed E-state index contributed by atoms with van der Waals surface area (Å²) in [5.74, 6) is 0.849. The van der Waals surface area contributed by atoms with Crippen molar-refractivity contribution in [3.63, 3.8) is 0 Å². The van der Waals surface area contributed by atoms with Crippen LogP contribution in [0.2, 0.25) is 0 Å². The van der Waals surface area contributed by atoms with Crippen LogP contribution >= 0.6 is 15.9 Å². The summed E-state index contributed by atoms with van der Waals surface area (Å²) >= 11 is 3.27. The third-order valence-electron chi connectivity index (χ3n) is 3.11. The molecule has 2 rings (SSSR count). The summed E-state index contributed by atoms with van der Waals surface area (Å²) in [6.07, 6.45) is 0.782. The molecule has 0 amide bonds. The lowest BCUT2D eigenvalue weighted by Gasteiger charge is -2.15. The van der Waals surface area contributed by atoms with Gasteiger partial charge in [0, 0.05) is 23.1 Å². The maximum atomic E-state index is 12.4. The molecule has 0 spiro atoms. The number of halogens is 1. The maximum absolute atomic E-state index is 12.4. The number of hydrogen-bond acceptors (Lipinski definition) is 5. The van der Waals surface area contributed by atoms with E-state index in [1.807, 2.05) is 0 Å². The number of methoxy groups -OCH3 is 2. The van der Waals surface area contributed by atoms with Crippen LogP contribution in [0.1, 0.15) is 6.42 Å². The van der Waals surface area contributed by atoms with E-state index in [0.29, 0.717) is 22.5 Å². The molecule has 0 saturated carbocycles. The Labute approximate surface area is 127 Å². The zero-order valence-electron chi connectivity index (χ0n) is 11.3. The van der Waals surface area contributed by atoms with Gasteiger partial charge < -0.3 is 14.8 Å². The molecule has 0 aromatic heterocycles. The Hall–Kier alpha value is -0.830. The quantitative estimate of drug-likeness (QED) is 0.818. The van der Waals surface area contributed by atoms with Crippen molar-refractivity contribution < 1.29 is 17.9 Å². The Kier molecular flexibility index (Phi) is 4.90. The van der Waals surface area contributed by atoms with E-state index in [0.717, 1.165) is 13.0 Å². The van der Waals surface area contributed by atoms with Crippen molar-refractivity contribution in [2.75, 3.05) is 27.3 Å². The molecule has 1 atom stereocenters. The average Bonchev–Trinajstić information content (AvgIpc) is 2.90. The van der Waals surface area contributed by atoms with Gasteiger partial charge in [-0.2, -0.15) is 0 Å². The van der Waals surface area contributed by atoms with Gasteiger partial charge in [-0.15, -0.1) is 0 Å². The summed E-state index contributed by atoms with van der Waals surface area (Å²) in [6, 6.07) is 2.95. The van der Waals surface area contributed by atoms with Crippen LogP contribution in [0.5, 0.6) is 11.5 Å². The van der Waals surface area contributed by atoms with Crippen molar-refractivity contribution in [2.45, 2.75) is 17.4 Å². The molecule has 1 unspecified atom stereocenters. The molecule has 8 heteroatoms. The van der Waals surface area contributed by atoms with E-state index < -0.39 is 10.0 Å². The minimum absolute atomic E-state index is 0.0833. The van der Waals surface area contributed by atoms with E-state index >= 15 is 0 Å². The van der Waals surface area contributed by atoms with Crippen molar-refractivity contribution in [1.82, 2.24) is 10.0 Å². The first-order chi connectivity index (χ1) is 9.47. The second kappa shape index (κ2) is 6.30. The molecule has 1 aliphatic heterocycles. The second-order valence-corrected chi connectivity index (χ2v) is 6.99. The fourth-order valence-electron chi connectivity index (χ4n) is 2.08. The standard InChI is InChI=1S/C12H17BrN2O4S/c1-18-10-5-9(13)12(6-11(10)19-2)20(16,17)15-8-3-4-14-7-8/h5-6,8,14-15H,3-4,7H2,1-2H3. The molecule has 2 N–H and O–H groups in total. The minimum atomic E-state index is -3.60. The molecule has 20 heavy (non-hydrogen) atoms. The predicted octanol–water partition coefficient (Wildman–Crippen LogP) is 1.11. The zero-order valence-corrected chi connectivity index (χ0v) is 13.7. The van der Waals surface area contributed by atoms with Crippen LogP contribution in [0.15, 0.2) is 21.5 Å². The molecule has 0 radical (unpaired) electrons. The Morgan fingerprint density at radius 2 is 1.95 bits per heavy atom. The van der Waals surface area contributed by atoms with Gasteiger partial charge in [0.1, 0.15) is 4.90 Å². The highest BCUT2D eigenvalue weighted by atomic mass is 79.9. The lowest BCUT2D eigenvalue weighted by atomic mass is 10.3. The molecule has 1 heterocycles. The number of ether oxygens (including phenoxy) is 2. The number of rotatable bonds is 5. The van der Waals surface area contributed by atoms with Crippen molar-refractivity contribution in [1.29, 1.82) is 0 Å². The highest BCUT2D eigenvalue weighted by Gasteiger charge is 2.26. The topological polar surface area (TPSA) is 76.7 Å². The van der Waals surface area contributed by atoms with E-state index in [9.17, 15) is 8.42 Å². The van der Waals surface area contributed by atoms with E-state index in [1.54, 1.807) is 6.07 Å². The van der Waals surface area contributed by atoms with Gasteiger partial charge in [0.25, 0.3) is 0 Å². The van der Waals surface area contributed by atoms with Gasteiger partial charge >= 0.3 is 0 Å². The second-order valence-electron chi connectivity index (χ2n) is 4.45. The van der Waals surface area contributed by atoms with Crippen LogP contribution in [0, 0.1) is 0 Å². The summed E-state index contributed by atoms with van der Waals surface area (Å²) in [7, 11) is -0.635. The van der Waals surface area contributed by atoms with Crippen LogP contribution < -0.4 is 19.5 Å².